The van der Waals surface area contributed by atoms with E-state index in [1.165, 1.54) is 7.11 Å². The van der Waals surface area contributed by atoms with E-state index in [4.69, 9.17) is 0 Å². The van der Waals surface area contributed by atoms with Crippen molar-refractivity contribution in [3.63, 3.8) is 0 Å². The third-order valence-corrected chi connectivity index (χ3v) is 5.32. The first kappa shape index (κ1) is 17.3. The number of benzene rings is 1. The molecule has 2 aromatic rings. The summed E-state index contributed by atoms with van der Waals surface area (Å²) in [7, 11) is 1.33. The molecule has 0 saturated carbocycles. The van der Waals surface area contributed by atoms with Crippen LogP contribution in [0.25, 0.3) is 0 Å². The molecule has 3 heterocycles. The minimum absolute atomic E-state index is 0.0331. The first-order valence-electron chi connectivity index (χ1n) is 8.99. The Hall–Kier alpha value is -3.09. The van der Waals surface area contributed by atoms with Gasteiger partial charge in [-0.05, 0) is 42.7 Å². The summed E-state index contributed by atoms with van der Waals surface area (Å²) >= 11 is 0. The topological polar surface area (TPSA) is 80.6 Å². The zero-order chi connectivity index (χ0) is 19.0. The molecular formula is C20H21N3O4. The van der Waals surface area contributed by atoms with Gasteiger partial charge in [-0.1, -0.05) is 6.07 Å². The molecule has 2 atom stereocenters. The van der Waals surface area contributed by atoms with E-state index in [-0.39, 0.29) is 23.4 Å². The number of anilines is 1. The fraction of sp³-hybridized carbons (Fsp3) is 0.350. The van der Waals surface area contributed by atoms with Gasteiger partial charge in [0.05, 0.1) is 12.7 Å². The number of carbonyl (C=O) groups excluding carboxylic acids is 2. The predicted octanol–water partition coefficient (Wildman–Crippen LogP) is 2.29. The molecule has 1 fully saturated rings. The fourth-order valence-corrected chi connectivity index (χ4v) is 4.07. The number of fused-ring (bicyclic) bond motifs is 4. The van der Waals surface area contributed by atoms with Crippen molar-refractivity contribution in [2.45, 2.75) is 18.9 Å². The van der Waals surface area contributed by atoms with Crippen molar-refractivity contribution < 1.29 is 14.3 Å². The second-order valence-corrected chi connectivity index (χ2v) is 7.10. The molecule has 0 radical (unpaired) electrons. The monoisotopic (exact) mass is 367 g/mol. The Morgan fingerprint density at radius 1 is 1.07 bits per heavy atom. The number of rotatable bonds is 2. The van der Waals surface area contributed by atoms with Crippen molar-refractivity contribution in [1.29, 1.82) is 0 Å². The van der Waals surface area contributed by atoms with Crippen LogP contribution in [-0.2, 0) is 11.3 Å². The van der Waals surface area contributed by atoms with Gasteiger partial charge in [0.2, 0.25) is 0 Å². The maximum Gasteiger partial charge on any atom is 0.337 e. The van der Waals surface area contributed by atoms with Gasteiger partial charge >= 0.3 is 12.0 Å². The lowest BCUT2D eigenvalue weighted by Crippen LogP contribution is -2.50. The Bertz CT molecular complexity index is 935. The number of aromatic nitrogens is 1. The van der Waals surface area contributed by atoms with Crippen LogP contribution in [0.15, 0.2) is 47.3 Å². The van der Waals surface area contributed by atoms with Crippen molar-refractivity contribution >= 4 is 17.7 Å². The van der Waals surface area contributed by atoms with Crippen LogP contribution < -0.4 is 10.9 Å². The predicted molar refractivity (Wildman–Crippen MR) is 99.9 cm³/mol. The summed E-state index contributed by atoms with van der Waals surface area (Å²) in [6.07, 6.45) is 1.00. The summed E-state index contributed by atoms with van der Waals surface area (Å²) in [5.74, 6) is 0.0493. The lowest BCUT2D eigenvalue weighted by Gasteiger charge is -2.42. The molecule has 2 aliphatic heterocycles. The third-order valence-electron chi connectivity index (χ3n) is 5.32. The molecule has 2 bridgehead atoms. The molecule has 1 N–H and O–H groups in total. The SMILES string of the molecule is COC(=O)c1ccc(NC(=O)N2C[C@H]3C[C@@H](C2)c2cccc(=O)n2C3)cc1. The van der Waals surface area contributed by atoms with Gasteiger partial charge in [-0.25, -0.2) is 9.59 Å². The molecule has 140 valence electrons. The molecule has 1 saturated heterocycles. The van der Waals surface area contributed by atoms with Gasteiger partial charge in [-0.3, -0.25) is 4.79 Å². The quantitative estimate of drug-likeness (QED) is 0.826. The van der Waals surface area contributed by atoms with E-state index >= 15 is 0 Å². The number of urea groups is 1. The van der Waals surface area contributed by atoms with E-state index < -0.39 is 5.97 Å². The lowest BCUT2D eigenvalue weighted by molar-refractivity contribution is 0.0600. The molecule has 0 aliphatic carbocycles. The second kappa shape index (κ2) is 6.90. The molecular weight excluding hydrogens is 346 g/mol. The normalized spacial score (nSPS) is 20.6. The first-order valence-corrected chi connectivity index (χ1v) is 8.99. The molecule has 0 unspecified atom stereocenters. The number of likely N-dealkylation sites (tertiary alicyclic amines) is 1. The summed E-state index contributed by atoms with van der Waals surface area (Å²) in [6, 6.07) is 11.8. The largest absolute Gasteiger partial charge is 0.465 e. The van der Waals surface area contributed by atoms with Crippen molar-refractivity contribution in [2.24, 2.45) is 5.92 Å². The van der Waals surface area contributed by atoms with Crippen LogP contribution in [0.3, 0.4) is 0 Å². The van der Waals surface area contributed by atoms with Gasteiger partial charge in [-0.2, -0.15) is 0 Å². The van der Waals surface area contributed by atoms with Crippen LogP contribution in [0, 0.1) is 5.92 Å². The smallest absolute Gasteiger partial charge is 0.337 e. The third kappa shape index (κ3) is 3.32. The van der Waals surface area contributed by atoms with Crippen molar-refractivity contribution in [1.82, 2.24) is 9.47 Å². The van der Waals surface area contributed by atoms with Crippen molar-refractivity contribution in [3.8, 4) is 0 Å². The zero-order valence-electron chi connectivity index (χ0n) is 15.1. The molecule has 4 rings (SSSR count). The standard InChI is InChI=1S/C20H21N3O4/c1-27-19(25)14-5-7-16(8-6-14)21-20(26)22-10-13-9-15(12-22)17-3-2-4-18(24)23(17)11-13/h2-8,13,15H,9-12H2,1H3,(H,21,26)/t13-,15+/m1/s1. The van der Waals surface area contributed by atoms with Crippen molar-refractivity contribution in [3.05, 3.63) is 64.1 Å². The summed E-state index contributed by atoms with van der Waals surface area (Å²) in [4.78, 5) is 38.1. The Balaban J connectivity index is 1.46. The molecule has 1 aromatic carbocycles. The summed E-state index contributed by atoms with van der Waals surface area (Å²) in [5.41, 5.74) is 2.11. The molecule has 0 spiro atoms. The number of carbonyl (C=O) groups is 2. The highest BCUT2D eigenvalue weighted by atomic mass is 16.5. The zero-order valence-corrected chi connectivity index (χ0v) is 15.1. The van der Waals surface area contributed by atoms with Crippen LogP contribution in [0.2, 0.25) is 0 Å². The van der Waals surface area contributed by atoms with Crippen LogP contribution in [0.4, 0.5) is 10.5 Å². The highest BCUT2D eigenvalue weighted by molar-refractivity contribution is 5.92. The molecule has 27 heavy (non-hydrogen) atoms. The summed E-state index contributed by atoms with van der Waals surface area (Å²) in [5, 5.41) is 2.89. The minimum atomic E-state index is -0.411. The number of pyridine rings is 1. The summed E-state index contributed by atoms with van der Waals surface area (Å²) in [6.45, 7) is 1.87. The maximum atomic E-state index is 12.7. The average Bonchev–Trinajstić information content (AvgIpc) is 2.68. The van der Waals surface area contributed by atoms with E-state index in [2.05, 4.69) is 10.1 Å². The lowest BCUT2D eigenvalue weighted by atomic mass is 9.83. The maximum absolute atomic E-state index is 12.7. The Kier molecular flexibility index (Phi) is 4.43. The van der Waals surface area contributed by atoms with E-state index in [0.717, 1.165) is 12.1 Å². The number of nitrogens with one attached hydrogen (secondary N) is 1. The van der Waals surface area contributed by atoms with Crippen molar-refractivity contribution in [2.75, 3.05) is 25.5 Å². The number of esters is 1. The van der Waals surface area contributed by atoms with Crippen LogP contribution in [0.1, 0.15) is 28.4 Å². The van der Waals surface area contributed by atoms with E-state index in [1.54, 1.807) is 36.4 Å². The number of hydrogen-bond donors (Lipinski definition) is 1. The van der Waals surface area contributed by atoms with Crippen LogP contribution >= 0.6 is 0 Å². The molecule has 2 aliphatic rings. The molecule has 7 heteroatoms. The number of amides is 2. The second-order valence-electron chi connectivity index (χ2n) is 7.10. The van der Waals surface area contributed by atoms with Gasteiger partial charge in [-0.15, -0.1) is 0 Å². The van der Waals surface area contributed by atoms with Gasteiger partial charge in [0, 0.05) is 43.0 Å². The van der Waals surface area contributed by atoms with Crippen LogP contribution in [0.5, 0.6) is 0 Å². The minimum Gasteiger partial charge on any atom is -0.465 e. The van der Waals surface area contributed by atoms with Gasteiger partial charge in [0.1, 0.15) is 0 Å². The highest BCUT2D eigenvalue weighted by Gasteiger charge is 2.36. The molecule has 2 amide bonds. The Labute approximate surface area is 156 Å². The molecule has 1 aromatic heterocycles. The molecule has 7 nitrogen and oxygen atoms in total. The average molecular weight is 367 g/mol. The summed E-state index contributed by atoms with van der Waals surface area (Å²) < 4.78 is 6.52. The fourth-order valence-electron chi connectivity index (χ4n) is 4.07. The first-order chi connectivity index (χ1) is 13.0. The number of methoxy groups -OCH3 is 1. The van der Waals surface area contributed by atoms with Gasteiger partial charge in [0.15, 0.2) is 0 Å². The van der Waals surface area contributed by atoms with E-state index in [0.29, 0.717) is 30.9 Å². The Morgan fingerprint density at radius 3 is 2.59 bits per heavy atom. The Morgan fingerprint density at radius 2 is 1.85 bits per heavy atom. The highest BCUT2D eigenvalue weighted by Crippen LogP contribution is 2.35. The number of ether oxygens (including phenoxy) is 1. The number of nitrogens with zero attached hydrogens (tertiary/aromatic N) is 2. The number of piperidine rings is 1. The van der Waals surface area contributed by atoms with E-state index in [1.807, 2.05) is 15.5 Å². The van der Waals surface area contributed by atoms with Gasteiger partial charge < -0.3 is 19.5 Å². The number of hydrogen-bond acceptors (Lipinski definition) is 4. The van der Waals surface area contributed by atoms with E-state index in [9.17, 15) is 14.4 Å². The van der Waals surface area contributed by atoms with Gasteiger partial charge in [0.25, 0.3) is 5.56 Å². The van der Waals surface area contributed by atoms with Crippen LogP contribution in [-0.4, -0.2) is 41.7 Å².